The molecule has 0 N–H and O–H groups in total. The lowest BCUT2D eigenvalue weighted by molar-refractivity contribution is -0.121. The average Bonchev–Trinajstić information content (AvgIpc) is 3.08. The Labute approximate surface area is 170 Å². The normalized spacial score (nSPS) is 14.4. The summed E-state index contributed by atoms with van der Waals surface area (Å²) in [7, 11) is 0. The number of ketones is 1. The molecule has 0 aliphatic carbocycles. The van der Waals surface area contributed by atoms with Crippen molar-refractivity contribution in [1.82, 2.24) is 19.6 Å². The Kier molecular flexibility index (Phi) is 6.49. The molecular weight excluding hydrogens is 530 g/mol. The smallest absolute Gasteiger partial charge is 0.147 e. The third-order valence-corrected chi connectivity index (χ3v) is 5.95. The summed E-state index contributed by atoms with van der Waals surface area (Å²) in [5.41, 5.74) is 2.01. The van der Waals surface area contributed by atoms with E-state index in [-0.39, 0.29) is 29.7 Å². The SMILES string of the molecule is CC(C(=O)C(C)c1cn(C(C)C)nc1I)c1cn(C(C)C)nc1I. The van der Waals surface area contributed by atoms with Crippen molar-refractivity contribution in [2.45, 2.75) is 65.5 Å². The molecule has 0 spiro atoms. The lowest BCUT2D eigenvalue weighted by atomic mass is 9.88. The summed E-state index contributed by atoms with van der Waals surface area (Å²) < 4.78 is 5.65. The molecule has 0 aliphatic heterocycles. The van der Waals surface area contributed by atoms with Gasteiger partial charge in [0.15, 0.2) is 0 Å². The van der Waals surface area contributed by atoms with Crippen LogP contribution < -0.4 is 0 Å². The average molecular weight is 554 g/mol. The Morgan fingerprint density at radius 3 is 1.42 bits per heavy atom. The van der Waals surface area contributed by atoms with Crippen molar-refractivity contribution in [2.24, 2.45) is 0 Å². The second-order valence-corrected chi connectivity index (χ2v) is 8.79. The minimum Gasteiger partial charge on any atom is -0.298 e. The molecule has 0 radical (unpaired) electrons. The number of carbonyl (C=O) groups is 1. The molecule has 132 valence electrons. The Hall–Kier alpha value is -0.450. The Morgan fingerprint density at radius 1 is 0.833 bits per heavy atom. The maximum Gasteiger partial charge on any atom is 0.147 e. The van der Waals surface area contributed by atoms with Gasteiger partial charge in [0.25, 0.3) is 0 Å². The van der Waals surface area contributed by atoms with E-state index in [0.717, 1.165) is 18.5 Å². The van der Waals surface area contributed by atoms with Crippen LogP contribution in [0, 0.1) is 7.40 Å². The number of carbonyl (C=O) groups excluding carboxylic acids is 1. The van der Waals surface area contributed by atoms with Crippen LogP contribution in [0.3, 0.4) is 0 Å². The van der Waals surface area contributed by atoms with E-state index < -0.39 is 0 Å². The topological polar surface area (TPSA) is 52.7 Å². The van der Waals surface area contributed by atoms with Crippen molar-refractivity contribution in [3.63, 3.8) is 0 Å². The summed E-state index contributed by atoms with van der Waals surface area (Å²) >= 11 is 4.44. The molecule has 2 aromatic heterocycles. The van der Waals surface area contributed by atoms with Crippen LogP contribution in [0.1, 0.15) is 76.6 Å². The van der Waals surface area contributed by atoms with Crippen LogP contribution in [0.2, 0.25) is 0 Å². The highest BCUT2D eigenvalue weighted by Gasteiger charge is 2.28. The first-order chi connectivity index (χ1) is 11.1. The summed E-state index contributed by atoms with van der Waals surface area (Å²) in [5, 5.41) is 9.05. The minimum absolute atomic E-state index is 0.183. The molecule has 0 amide bonds. The molecule has 2 aromatic rings. The molecule has 2 heterocycles. The van der Waals surface area contributed by atoms with Crippen LogP contribution in [-0.2, 0) is 4.79 Å². The molecule has 24 heavy (non-hydrogen) atoms. The van der Waals surface area contributed by atoms with E-state index in [0.29, 0.717) is 0 Å². The summed E-state index contributed by atoms with van der Waals surface area (Å²) in [6.45, 7) is 12.3. The molecule has 7 heteroatoms. The van der Waals surface area contributed by atoms with Gasteiger partial charge in [-0.3, -0.25) is 14.2 Å². The molecule has 0 aromatic carbocycles. The van der Waals surface area contributed by atoms with Crippen LogP contribution in [0.4, 0.5) is 0 Å². The third kappa shape index (κ3) is 4.03. The maximum atomic E-state index is 13.0. The predicted molar refractivity (Wildman–Crippen MR) is 112 cm³/mol. The Bertz CT molecular complexity index is 673. The fourth-order valence-corrected chi connectivity index (χ4v) is 4.27. The number of hydrogen-bond acceptors (Lipinski definition) is 3. The van der Waals surface area contributed by atoms with Crippen LogP contribution in [0.15, 0.2) is 12.4 Å². The van der Waals surface area contributed by atoms with E-state index in [1.54, 1.807) is 0 Å². The van der Waals surface area contributed by atoms with Gasteiger partial charge in [0.05, 0.1) is 0 Å². The number of hydrogen-bond donors (Lipinski definition) is 0. The molecule has 2 atom stereocenters. The Morgan fingerprint density at radius 2 is 1.17 bits per heavy atom. The molecule has 0 aliphatic rings. The zero-order chi connectivity index (χ0) is 18.2. The van der Waals surface area contributed by atoms with Crippen molar-refractivity contribution < 1.29 is 4.79 Å². The first-order valence-corrected chi connectivity index (χ1v) is 10.3. The third-order valence-electron chi connectivity index (χ3n) is 4.27. The second kappa shape index (κ2) is 7.84. The van der Waals surface area contributed by atoms with Crippen molar-refractivity contribution >= 4 is 51.0 Å². The van der Waals surface area contributed by atoms with Crippen molar-refractivity contribution in [3.8, 4) is 0 Å². The summed E-state index contributed by atoms with van der Waals surface area (Å²) in [6, 6.07) is 0.578. The zero-order valence-corrected chi connectivity index (χ0v) is 19.2. The van der Waals surface area contributed by atoms with Gasteiger partial charge in [0.2, 0.25) is 0 Å². The van der Waals surface area contributed by atoms with Gasteiger partial charge in [-0.1, -0.05) is 13.8 Å². The highest BCUT2D eigenvalue weighted by atomic mass is 127. The van der Waals surface area contributed by atoms with E-state index in [9.17, 15) is 4.79 Å². The first-order valence-electron chi connectivity index (χ1n) is 8.16. The standard InChI is InChI=1S/C17H24I2N4O/c1-9(2)22-7-13(16(18)20-22)11(5)15(24)12(6)14-8-23(10(3)4)21-17(14)19/h7-12H,1-6H3. The van der Waals surface area contributed by atoms with Gasteiger partial charge in [-0.2, -0.15) is 10.2 Å². The highest BCUT2D eigenvalue weighted by Crippen LogP contribution is 2.31. The molecule has 0 bridgehead atoms. The van der Waals surface area contributed by atoms with Crippen LogP contribution in [-0.4, -0.2) is 25.3 Å². The number of nitrogens with zero attached hydrogens (tertiary/aromatic N) is 4. The molecule has 2 unspecified atom stereocenters. The van der Waals surface area contributed by atoms with Crippen LogP contribution in [0.5, 0.6) is 0 Å². The van der Waals surface area contributed by atoms with Crippen molar-refractivity contribution in [2.75, 3.05) is 0 Å². The number of rotatable bonds is 6. The van der Waals surface area contributed by atoms with Gasteiger partial charge in [-0.05, 0) is 72.9 Å². The fraction of sp³-hybridized carbons (Fsp3) is 0.588. The van der Waals surface area contributed by atoms with E-state index in [1.165, 1.54) is 0 Å². The second-order valence-electron chi connectivity index (χ2n) is 6.74. The number of aromatic nitrogens is 4. The molecule has 0 fully saturated rings. The van der Waals surface area contributed by atoms with E-state index in [1.807, 2.05) is 35.6 Å². The molecule has 5 nitrogen and oxygen atoms in total. The molecule has 0 saturated heterocycles. The molecule has 2 rings (SSSR count). The summed E-state index contributed by atoms with van der Waals surface area (Å²) in [4.78, 5) is 13.0. The molecule has 0 saturated carbocycles. The van der Waals surface area contributed by atoms with E-state index >= 15 is 0 Å². The molecular formula is C17H24I2N4O. The number of halogens is 2. The summed E-state index contributed by atoms with van der Waals surface area (Å²) in [6.07, 6.45) is 4.01. The van der Waals surface area contributed by atoms with Gasteiger partial charge >= 0.3 is 0 Å². The minimum atomic E-state index is -0.183. The highest BCUT2D eigenvalue weighted by molar-refractivity contribution is 14.1. The van der Waals surface area contributed by atoms with Gasteiger partial charge in [0.1, 0.15) is 13.2 Å². The van der Waals surface area contributed by atoms with Gasteiger partial charge in [-0.25, -0.2) is 0 Å². The van der Waals surface area contributed by atoms with Crippen molar-refractivity contribution in [1.29, 1.82) is 0 Å². The van der Waals surface area contributed by atoms with Gasteiger partial charge < -0.3 is 0 Å². The number of Topliss-reactive ketones (excluding diaryl/α,β-unsaturated/α-hetero) is 1. The van der Waals surface area contributed by atoms with E-state index in [2.05, 4.69) is 83.1 Å². The van der Waals surface area contributed by atoms with Crippen LogP contribution in [0.25, 0.3) is 0 Å². The summed E-state index contributed by atoms with van der Waals surface area (Å²) in [5.74, 6) is -0.160. The largest absolute Gasteiger partial charge is 0.298 e. The quantitative estimate of drug-likeness (QED) is 0.477. The van der Waals surface area contributed by atoms with Gasteiger partial charge in [0, 0.05) is 47.4 Å². The predicted octanol–water partition coefficient (Wildman–Crippen LogP) is 4.93. The zero-order valence-electron chi connectivity index (χ0n) is 14.9. The first kappa shape index (κ1) is 19.9. The van der Waals surface area contributed by atoms with Crippen molar-refractivity contribution in [3.05, 3.63) is 30.9 Å². The fourth-order valence-electron chi connectivity index (χ4n) is 2.56. The van der Waals surface area contributed by atoms with Gasteiger partial charge in [-0.15, -0.1) is 0 Å². The lowest BCUT2D eigenvalue weighted by Crippen LogP contribution is -2.17. The lowest BCUT2D eigenvalue weighted by Gasteiger charge is -2.15. The monoisotopic (exact) mass is 554 g/mol. The maximum absolute atomic E-state index is 13.0. The van der Waals surface area contributed by atoms with E-state index in [4.69, 9.17) is 0 Å². The van der Waals surface area contributed by atoms with Crippen LogP contribution >= 0.6 is 45.2 Å². The Balaban J connectivity index is 2.27.